The molecule has 1 fully saturated rings. The Morgan fingerprint density at radius 3 is 2.42 bits per heavy atom. The zero-order valence-electron chi connectivity index (χ0n) is 18.8. The first-order valence-electron chi connectivity index (χ1n) is 11.3. The maximum Gasteiger partial charge on any atom is 0.322 e. The fraction of sp³-hybridized carbons (Fsp3) is 0.296. The van der Waals surface area contributed by atoms with Gasteiger partial charge in [-0.25, -0.2) is 4.79 Å². The number of likely N-dealkylation sites (tertiary alicyclic amines) is 1. The van der Waals surface area contributed by atoms with Crippen LogP contribution in [-0.2, 0) is 6.54 Å². The average molecular weight is 464 g/mol. The number of anilines is 1. The number of amides is 2. The van der Waals surface area contributed by atoms with Gasteiger partial charge in [0, 0.05) is 36.9 Å². The number of fused-ring (bicyclic) bond motifs is 1. The molecule has 1 unspecified atom stereocenters. The summed E-state index contributed by atoms with van der Waals surface area (Å²) in [6.07, 6.45) is 1.92. The molecular formula is C27H30ClN3O2. The Balaban J connectivity index is 0.00000259. The highest BCUT2D eigenvalue weighted by atomic mass is 35.5. The Hall–Kier alpha value is -3.02. The molecule has 1 atom stereocenters. The minimum absolute atomic E-state index is 0. The summed E-state index contributed by atoms with van der Waals surface area (Å²) in [7, 11) is 1.68. The first-order chi connectivity index (χ1) is 15.7. The monoisotopic (exact) mass is 463 g/mol. The number of methoxy groups -OCH3 is 1. The highest BCUT2D eigenvalue weighted by molar-refractivity contribution is 5.94. The van der Waals surface area contributed by atoms with Crippen LogP contribution >= 0.6 is 12.4 Å². The van der Waals surface area contributed by atoms with E-state index in [-0.39, 0.29) is 30.5 Å². The third kappa shape index (κ3) is 4.85. The number of hydrogen-bond acceptors (Lipinski definition) is 3. The number of benzene rings is 3. The molecule has 172 valence electrons. The van der Waals surface area contributed by atoms with E-state index in [0.717, 1.165) is 55.0 Å². The van der Waals surface area contributed by atoms with Crippen molar-refractivity contribution < 1.29 is 9.53 Å². The van der Waals surface area contributed by atoms with E-state index in [2.05, 4.69) is 63.6 Å². The summed E-state index contributed by atoms with van der Waals surface area (Å²) in [4.78, 5) is 17.9. The Morgan fingerprint density at radius 2 is 1.67 bits per heavy atom. The number of para-hydroxylation sites is 1. The van der Waals surface area contributed by atoms with Crippen LogP contribution in [0.2, 0.25) is 0 Å². The summed E-state index contributed by atoms with van der Waals surface area (Å²) in [6.45, 7) is 2.92. The van der Waals surface area contributed by atoms with Gasteiger partial charge in [0.1, 0.15) is 5.75 Å². The van der Waals surface area contributed by atoms with Crippen molar-refractivity contribution in [2.24, 2.45) is 0 Å². The Kier molecular flexibility index (Phi) is 7.21. The fourth-order valence-electron chi connectivity index (χ4n) is 5.02. The summed E-state index contributed by atoms with van der Waals surface area (Å²) >= 11 is 0. The number of hydrogen-bond donors (Lipinski definition) is 1. The summed E-state index contributed by atoms with van der Waals surface area (Å²) in [5.41, 5.74) is 4.44. The topological polar surface area (TPSA) is 44.8 Å². The van der Waals surface area contributed by atoms with E-state index in [1.807, 2.05) is 30.3 Å². The average Bonchev–Trinajstić information content (AvgIpc) is 2.84. The lowest BCUT2D eigenvalue weighted by Crippen LogP contribution is -2.52. The highest BCUT2D eigenvalue weighted by Crippen LogP contribution is 2.41. The molecule has 5 rings (SSSR count). The minimum atomic E-state index is -0.124. The molecule has 0 radical (unpaired) electrons. The number of nitrogens with zero attached hydrogens (tertiary/aromatic N) is 2. The Bertz CT molecular complexity index is 1080. The molecule has 5 nitrogen and oxygen atoms in total. The molecule has 6 heteroatoms. The summed E-state index contributed by atoms with van der Waals surface area (Å²) < 4.78 is 5.49. The van der Waals surface area contributed by atoms with Gasteiger partial charge in [-0.2, -0.15) is 0 Å². The van der Waals surface area contributed by atoms with Gasteiger partial charge in [0.2, 0.25) is 0 Å². The van der Waals surface area contributed by atoms with E-state index in [1.54, 1.807) is 7.11 Å². The van der Waals surface area contributed by atoms with Gasteiger partial charge >= 0.3 is 6.03 Å². The number of halogens is 1. The summed E-state index contributed by atoms with van der Waals surface area (Å²) in [5, 5.41) is 3.13. The predicted molar refractivity (Wildman–Crippen MR) is 134 cm³/mol. The zero-order chi connectivity index (χ0) is 21.9. The van der Waals surface area contributed by atoms with Crippen molar-refractivity contribution in [2.45, 2.75) is 31.5 Å². The molecule has 0 spiro atoms. The molecule has 2 heterocycles. The number of ether oxygens (including phenoxy) is 1. The lowest BCUT2D eigenvalue weighted by atomic mass is 9.90. The van der Waals surface area contributed by atoms with Crippen molar-refractivity contribution >= 4 is 24.1 Å². The molecule has 0 bridgehead atoms. The number of rotatable bonds is 5. The highest BCUT2D eigenvalue weighted by Gasteiger charge is 2.39. The van der Waals surface area contributed by atoms with E-state index < -0.39 is 0 Å². The molecule has 0 aliphatic carbocycles. The van der Waals surface area contributed by atoms with Crippen LogP contribution in [-0.4, -0.2) is 42.1 Å². The molecule has 0 aromatic heterocycles. The second kappa shape index (κ2) is 10.3. The van der Waals surface area contributed by atoms with Crippen LogP contribution in [0.3, 0.4) is 0 Å². The van der Waals surface area contributed by atoms with E-state index in [1.165, 1.54) is 5.56 Å². The van der Waals surface area contributed by atoms with Crippen LogP contribution in [0.15, 0.2) is 78.9 Å². The molecular weight excluding hydrogens is 434 g/mol. The van der Waals surface area contributed by atoms with E-state index in [9.17, 15) is 4.79 Å². The molecule has 2 aliphatic heterocycles. The van der Waals surface area contributed by atoms with Crippen molar-refractivity contribution in [3.05, 3.63) is 95.6 Å². The molecule has 3 aromatic rings. The lowest BCUT2D eigenvalue weighted by molar-refractivity contribution is 0.105. The fourth-order valence-corrected chi connectivity index (χ4v) is 5.02. The van der Waals surface area contributed by atoms with Gasteiger partial charge in [-0.15, -0.1) is 12.4 Å². The SMILES string of the molecule is COc1cccc(C2c3ccccc3NC(=O)N2C2CCN(Cc3ccccc3)CC2)c1.Cl. The second-order valence-corrected chi connectivity index (χ2v) is 8.60. The molecule has 0 saturated carbocycles. The molecule has 33 heavy (non-hydrogen) atoms. The maximum atomic E-state index is 13.3. The molecule has 2 amide bonds. The molecule has 1 saturated heterocycles. The normalized spacial score (nSPS) is 18.8. The van der Waals surface area contributed by atoms with Crippen LogP contribution in [0, 0.1) is 0 Å². The van der Waals surface area contributed by atoms with Crippen molar-refractivity contribution in [3.8, 4) is 5.75 Å². The maximum absolute atomic E-state index is 13.3. The molecule has 3 aromatic carbocycles. The second-order valence-electron chi connectivity index (χ2n) is 8.60. The largest absolute Gasteiger partial charge is 0.497 e. The Morgan fingerprint density at radius 1 is 0.939 bits per heavy atom. The van der Waals surface area contributed by atoms with Crippen molar-refractivity contribution in [3.63, 3.8) is 0 Å². The van der Waals surface area contributed by atoms with E-state index in [0.29, 0.717) is 0 Å². The van der Waals surface area contributed by atoms with Gasteiger partial charge in [0.25, 0.3) is 0 Å². The first kappa shape index (κ1) is 23.1. The standard InChI is InChI=1S/C27H29N3O2.ClH/c1-32-23-11-7-10-21(18-23)26-24-12-5-6-13-25(24)28-27(31)30(26)22-14-16-29(17-15-22)19-20-8-3-2-4-9-20;/h2-13,18,22,26H,14-17,19H2,1H3,(H,28,31);1H. The minimum Gasteiger partial charge on any atom is -0.497 e. The van der Waals surface area contributed by atoms with Crippen LogP contribution in [0.25, 0.3) is 0 Å². The predicted octanol–water partition coefficient (Wildman–Crippen LogP) is 5.72. The van der Waals surface area contributed by atoms with Crippen molar-refractivity contribution in [1.29, 1.82) is 0 Å². The summed E-state index contributed by atoms with van der Waals surface area (Å²) in [6, 6.07) is 26.9. The number of urea groups is 1. The number of carbonyl (C=O) groups excluding carboxylic acids is 1. The smallest absolute Gasteiger partial charge is 0.322 e. The van der Waals surface area contributed by atoms with Gasteiger partial charge in [-0.3, -0.25) is 4.90 Å². The first-order valence-corrected chi connectivity index (χ1v) is 11.3. The number of nitrogens with one attached hydrogen (secondary N) is 1. The van der Waals surface area contributed by atoms with Crippen molar-refractivity contribution in [1.82, 2.24) is 9.80 Å². The lowest BCUT2D eigenvalue weighted by Gasteiger charge is -2.45. The van der Waals surface area contributed by atoms with Crippen LogP contribution < -0.4 is 10.1 Å². The van der Waals surface area contributed by atoms with E-state index >= 15 is 0 Å². The van der Waals surface area contributed by atoms with Gasteiger partial charge < -0.3 is 15.0 Å². The quantitative estimate of drug-likeness (QED) is 0.526. The third-order valence-electron chi connectivity index (χ3n) is 6.62. The summed E-state index contributed by atoms with van der Waals surface area (Å²) in [5.74, 6) is 0.809. The molecule has 1 N–H and O–H groups in total. The third-order valence-corrected chi connectivity index (χ3v) is 6.62. The zero-order valence-corrected chi connectivity index (χ0v) is 19.6. The van der Waals surface area contributed by atoms with Gasteiger partial charge in [0.05, 0.1) is 13.2 Å². The van der Waals surface area contributed by atoms with Crippen LogP contribution in [0.4, 0.5) is 10.5 Å². The molecule has 2 aliphatic rings. The van der Waals surface area contributed by atoms with Crippen LogP contribution in [0.1, 0.15) is 35.6 Å². The van der Waals surface area contributed by atoms with E-state index in [4.69, 9.17) is 4.74 Å². The van der Waals surface area contributed by atoms with Crippen LogP contribution in [0.5, 0.6) is 5.75 Å². The van der Waals surface area contributed by atoms with Gasteiger partial charge in [0.15, 0.2) is 0 Å². The Labute approximate surface area is 201 Å². The van der Waals surface area contributed by atoms with Crippen molar-refractivity contribution in [2.75, 3.05) is 25.5 Å². The number of piperidine rings is 1. The number of carbonyl (C=O) groups is 1. The van der Waals surface area contributed by atoms with Gasteiger partial charge in [-0.1, -0.05) is 60.7 Å². The van der Waals surface area contributed by atoms with Gasteiger partial charge in [-0.05, 0) is 42.2 Å².